The van der Waals surface area contributed by atoms with Crippen LogP contribution in [0.1, 0.15) is 22.3 Å². The fourth-order valence-corrected chi connectivity index (χ4v) is 3.30. The van der Waals surface area contributed by atoms with Crippen LogP contribution in [0.3, 0.4) is 0 Å². The molecule has 0 bridgehead atoms. The molecule has 0 atom stereocenters. The van der Waals surface area contributed by atoms with E-state index in [0.29, 0.717) is 28.6 Å². The first-order chi connectivity index (χ1) is 14.9. The fraction of sp³-hybridized carbons (Fsp3) is 0.120. The Morgan fingerprint density at radius 1 is 1.13 bits per heavy atom. The van der Waals surface area contributed by atoms with E-state index in [1.807, 2.05) is 32.0 Å². The molecule has 0 aromatic heterocycles. The third-order valence-corrected chi connectivity index (χ3v) is 4.77. The van der Waals surface area contributed by atoms with Crippen molar-refractivity contribution in [2.24, 2.45) is 0 Å². The van der Waals surface area contributed by atoms with E-state index < -0.39 is 5.91 Å². The summed E-state index contributed by atoms with van der Waals surface area (Å²) in [7, 11) is 0. The predicted molar refractivity (Wildman–Crippen MR) is 120 cm³/mol. The van der Waals surface area contributed by atoms with Gasteiger partial charge in [-0.25, -0.2) is 4.39 Å². The van der Waals surface area contributed by atoms with Gasteiger partial charge in [-0.15, -0.1) is 0 Å². The molecule has 1 N–H and O–H groups in total. The first-order valence-corrected chi connectivity index (χ1v) is 9.90. The van der Waals surface area contributed by atoms with Gasteiger partial charge in [-0.2, -0.15) is 5.26 Å². The van der Waals surface area contributed by atoms with Crippen molar-refractivity contribution in [2.75, 3.05) is 5.32 Å². The summed E-state index contributed by atoms with van der Waals surface area (Å²) in [6.07, 6.45) is 1.53. The smallest absolute Gasteiger partial charge is 0.266 e. The number of hydrogen-bond acceptors (Lipinski definition) is 3. The van der Waals surface area contributed by atoms with Crippen molar-refractivity contribution in [3.63, 3.8) is 0 Å². The Kier molecular flexibility index (Phi) is 7.07. The number of carbonyl (C=O) groups excluding carboxylic acids is 1. The van der Waals surface area contributed by atoms with Crippen molar-refractivity contribution < 1.29 is 13.9 Å². The zero-order chi connectivity index (χ0) is 22.4. The standard InChI is InChI=1S/C25H20ClFN2O2/c1-16-10-19(11-17(2)24(16)31-15-18-6-8-22(27)9-7-18)12-20(14-28)25(30)29-23-5-3-4-21(26)13-23/h3-13H,15H2,1-2H3,(H,29,30)/b20-12+. The van der Waals surface area contributed by atoms with E-state index in [9.17, 15) is 14.4 Å². The van der Waals surface area contributed by atoms with E-state index in [4.69, 9.17) is 16.3 Å². The summed E-state index contributed by atoms with van der Waals surface area (Å²) in [6.45, 7) is 4.09. The second-order valence-corrected chi connectivity index (χ2v) is 7.47. The largest absolute Gasteiger partial charge is 0.488 e. The van der Waals surface area contributed by atoms with E-state index in [-0.39, 0.29) is 11.4 Å². The molecule has 6 heteroatoms. The van der Waals surface area contributed by atoms with E-state index in [2.05, 4.69) is 5.32 Å². The van der Waals surface area contributed by atoms with Crippen molar-refractivity contribution in [2.45, 2.75) is 20.5 Å². The van der Waals surface area contributed by atoms with Crippen molar-refractivity contribution in [1.82, 2.24) is 0 Å². The Hall–Kier alpha value is -3.62. The molecule has 0 spiro atoms. The van der Waals surface area contributed by atoms with Gasteiger partial charge in [-0.05, 0) is 84.6 Å². The zero-order valence-corrected chi connectivity index (χ0v) is 17.8. The summed E-state index contributed by atoms with van der Waals surface area (Å²) >= 11 is 5.93. The average molecular weight is 435 g/mol. The molecule has 0 saturated carbocycles. The first-order valence-electron chi connectivity index (χ1n) is 9.53. The van der Waals surface area contributed by atoms with Crippen LogP contribution in [0.4, 0.5) is 10.1 Å². The summed E-state index contributed by atoms with van der Waals surface area (Å²) in [5.74, 6) is -0.0972. The van der Waals surface area contributed by atoms with Gasteiger partial charge in [-0.3, -0.25) is 4.79 Å². The SMILES string of the molecule is Cc1cc(/C=C(\C#N)C(=O)Nc2cccc(Cl)c2)cc(C)c1OCc1ccc(F)cc1. The Morgan fingerprint density at radius 3 is 2.42 bits per heavy atom. The maximum atomic E-state index is 13.0. The van der Waals surface area contributed by atoms with E-state index in [1.54, 1.807) is 36.4 Å². The fourth-order valence-electron chi connectivity index (χ4n) is 3.11. The molecule has 0 unspecified atom stereocenters. The van der Waals surface area contributed by atoms with Gasteiger partial charge in [0.1, 0.15) is 29.8 Å². The van der Waals surface area contributed by atoms with Gasteiger partial charge in [0.15, 0.2) is 0 Å². The minimum atomic E-state index is -0.517. The molecule has 0 heterocycles. The zero-order valence-electron chi connectivity index (χ0n) is 17.1. The van der Waals surface area contributed by atoms with Crippen LogP contribution in [-0.2, 0) is 11.4 Å². The summed E-state index contributed by atoms with van der Waals surface area (Å²) in [4.78, 5) is 12.5. The maximum Gasteiger partial charge on any atom is 0.266 e. The van der Waals surface area contributed by atoms with Crippen molar-refractivity contribution in [3.8, 4) is 11.8 Å². The second-order valence-electron chi connectivity index (χ2n) is 7.03. The van der Waals surface area contributed by atoms with E-state index in [1.165, 1.54) is 18.2 Å². The lowest BCUT2D eigenvalue weighted by Gasteiger charge is -2.13. The number of rotatable bonds is 6. The number of ether oxygens (including phenoxy) is 1. The molecule has 31 heavy (non-hydrogen) atoms. The molecule has 0 fully saturated rings. The number of amides is 1. The lowest BCUT2D eigenvalue weighted by Crippen LogP contribution is -2.13. The molecule has 0 saturated heterocycles. The Bertz CT molecular complexity index is 1160. The lowest BCUT2D eigenvalue weighted by atomic mass is 10.0. The van der Waals surface area contributed by atoms with Crippen LogP contribution in [0, 0.1) is 31.0 Å². The van der Waals surface area contributed by atoms with Crippen LogP contribution in [0.25, 0.3) is 6.08 Å². The first kappa shape index (κ1) is 22.1. The molecule has 156 valence electrons. The molecule has 3 aromatic carbocycles. The number of carbonyl (C=O) groups is 1. The molecular weight excluding hydrogens is 415 g/mol. The molecule has 3 aromatic rings. The third kappa shape index (κ3) is 5.94. The molecule has 3 rings (SSSR count). The predicted octanol–water partition coefficient (Wildman–Crippen LogP) is 6.22. The minimum Gasteiger partial charge on any atom is -0.488 e. The normalized spacial score (nSPS) is 11.0. The molecule has 0 aliphatic heterocycles. The second kappa shape index (κ2) is 9.92. The summed E-state index contributed by atoms with van der Waals surface area (Å²) in [6, 6.07) is 18.5. The highest BCUT2D eigenvalue weighted by Gasteiger charge is 2.12. The monoisotopic (exact) mass is 434 g/mol. The topological polar surface area (TPSA) is 62.1 Å². The molecule has 4 nitrogen and oxygen atoms in total. The van der Waals surface area contributed by atoms with Crippen LogP contribution < -0.4 is 10.1 Å². The molecule has 0 radical (unpaired) electrons. The van der Waals surface area contributed by atoms with Gasteiger partial charge in [0.2, 0.25) is 0 Å². The van der Waals surface area contributed by atoms with Crippen molar-refractivity contribution in [1.29, 1.82) is 5.26 Å². The summed E-state index contributed by atoms with van der Waals surface area (Å²) < 4.78 is 19.0. The molecule has 0 aliphatic carbocycles. The number of hydrogen-bond donors (Lipinski definition) is 1. The number of halogens is 2. The van der Waals surface area contributed by atoms with Gasteiger partial charge in [0.05, 0.1) is 0 Å². The quantitative estimate of drug-likeness (QED) is 0.370. The Balaban J connectivity index is 1.76. The van der Waals surface area contributed by atoms with Crippen LogP contribution in [0.2, 0.25) is 5.02 Å². The molecular formula is C25H20ClFN2O2. The van der Waals surface area contributed by atoms with Gasteiger partial charge in [-0.1, -0.05) is 29.8 Å². The van der Waals surface area contributed by atoms with Crippen molar-refractivity contribution in [3.05, 3.63) is 99.3 Å². The van der Waals surface area contributed by atoms with Crippen LogP contribution in [-0.4, -0.2) is 5.91 Å². The molecule has 1 amide bonds. The number of nitrogens with one attached hydrogen (secondary N) is 1. The highest BCUT2D eigenvalue weighted by Crippen LogP contribution is 2.27. The lowest BCUT2D eigenvalue weighted by molar-refractivity contribution is -0.112. The van der Waals surface area contributed by atoms with E-state index >= 15 is 0 Å². The van der Waals surface area contributed by atoms with Crippen molar-refractivity contribution >= 4 is 29.3 Å². The summed E-state index contributed by atoms with van der Waals surface area (Å²) in [5.41, 5.74) is 3.77. The number of nitriles is 1. The minimum absolute atomic E-state index is 0.0289. The number of benzene rings is 3. The van der Waals surface area contributed by atoms with Crippen LogP contribution in [0.5, 0.6) is 5.75 Å². The number of aryl methyl sites for hydroxylation is 2. The summed E-state index contributed by atoms with van der Waals surface area (Å²) in [5, 5.41) is 12.6. The molecule has 0 aliphatic rings. The van der Waals surface area contributed by atoms with Gasteiger partial charge in [0.25, 0.3) is 5.91 Å². The Morgan fingerprint density at radius 2 is 1.81 bits per heavy atom. The average Bonchev–Trinajstić information content (AvgIpc) is 2.72. The van der Waals surface area contributed by atoms with Gasteiger partial charge >= 0.3 is 0 Å². The van der Waals surface area contributed by atoms with E-state index in [0.717, 1.165) is 16.7 Å². The van der Waals surface area contributed by atoms with Gasteiger partial charge in [0, 0.05) is 10.7 Å². The third-order valence-electron chi connectivity index (χ3n) is 4.54. The van der Waals surface area contributed by atoms with Crippen LogP contribution in [0.15, 0.2) is 66.2 Å². The highest BCUT2D eigenvalue weighted by atomic mass is 35.5. The number of anilines is 1. The Labute approximate surface area is 185 Å². The van der Waals surface area contributed by atoms with Gasteiger partial charge < -0.3 is 10.1 Å². The van der Waals surface area contributed by atoms with Crippen LogP contribution >= 0.6 is 11.6 Å². The maximum absolute atomic E-state index is 13.0. The number of nitrogens with zero attached hydrogens (tertiary/aromatic N) is 1. The highest BCUT2D eigenvalue weighted by molar-refractivity contribution is 6.31.